The van der Waals surface area contributed by atoms with Gasteiger partial charge >= 0.3 is 0 Å². The highest BCUT2D eigenvalue weighted by atomic mass is 19.1. The lowest BCUT2D eigenvalue weighted by Crippen LogP contribution is -2.37. The van der Waals surface area contributed by atoms with Gasteiger partial charge in [0.05, 0.1) is 19.8 Å². The van der Waals surface area contributed by atoms with E-state index in [9.17, 15) is 4.39 Å². The molecule has 0 amide bonds. The fourth-order valence-electron chi connectivity index (χ4n) is 3.63. The van der Waals surface area contributed by atoms with Gasteiger partial charge in [-0.2, -0.15) is 15.0 Å². The van der Waals surface area contributed by atoms with Crippen LogP contribution < -0.4 is 5.32 Å². The predicted molar refractivity (Wildman–Crippen MR) is 115 cm³/mol. The SMILES string of the molecule is Fc1ccccc1Cn1nc(CNCCCN2CCOCC2)c(-c2ccccc2)n1. The summed E-state index contributed by atoms with van der Waals surface area (Å²) in [5, 5.41) is 12.8. The molecule has 7 heteroatoms. The van der Waals surface area contributed by atoms with E-state index < -0.39 is 0 Å². The van der Waals surface area contributed by atoms with E-state index in [0.29, 0.717) is 18.7 Å². The Labute approximate surface area is 176 Å². The molecule has 0 radical (unpaired) electrons. The lowest BCUT2D eigenvalue weighted by molar-refractivity contribution is 0.0374. The Kier molecular flexibility index (Phi) is 7.18. The quantitative estimate of drug-likeness (QED) is 0.551. The fraction of sp³-hybridized carbons (Fsp3) is 0.391. The standard InChI is InChI=1S/C23H28FN5O/c24-21-10-5-4-9-20(21)18-29-26-22(23(27-29)19-7-2-1-3-8-19)17-25-11-6-12-28-13-15-30-16-14-28/h1-5,7-10,25H,6,11-18H2. The first kappa shape index (κ1) is 20.7. The lowest BCUT2D eigenvalue weighted by atomic mass is 10.1. The summed E-state index contributed by atoms with van der Waals surface area (Å²) in [4.78, 5) is 4.02. The van der Waals surface area contributed by atoms with Crippen LogP contribution in [0, 0.1) is 5.82 Å². The molecule has 0 spiro atoms. The van der Waals surface area contributed by atoms with Crippen molar-refractivity contribution in [2.45, 2.75) is 19.5 Å². The predicted octanol–water partition coefficient (Wildman–Crippen LogP) is 2.94. The number of hydrogen-bond acceptors (Lipinski definition) is 5. The van der Waals surface area contributed by atoms with Gasteiger partial charge < -0.3 is 10.1 Å². The van der Waals surface area contributed by atoms with Crippen molar-refractivity contribution >= 4 is 0 Å². The number of hydrogen-bond donors (Lipinski definition) is 1. The fourth-order valence-corrected chi connectivity index (χ4v) is 3.63. The molecule has 3 aromatic rings. The zero-order valence-electron chi connectivity index (χ0n) is 17.1. The Morgan fingerprint density at radius 1 is 0.967 bits per heavy atom. The van der Waals surface area contributed by atoms with Gasteiger partial charge in [0.1, 0.15) is 17.2 Å². The molecule has 2 aromatic carbocycles. The highest BCUT2D eigenvalue weighted by molar-refractivity contribution is 5.60. The van der Waals surface area contributed by atoms with Crippen LogP contribution in [0.1, 0.15) is 17.7 Å². The van der Waals surface area contributed by atoms with E-state index >= 15 is 0 Å². The summed E-state index contributed by atoms with van der Waals surface area (Å²) >= 11 is 0. The molecule has 6 nitrogen and oxygen atoms in total. The molecule has 1 N–H and O–H groups in total. The highest BCUT2D eigenvalue weighted by Gasteiger charge is 2.14. The van der Waals surface area contributed by atoms with Crippen molar-refractivity contribution < 1.29 is 9.13 Å². The van der Waals surface area contributed by atoms with Gasteiger partial charge in [-0.3, -0.25) is 4.90 Å². The van der Waals surface area contributed by atoms with Crippen molar-refractivity contribution in [3.63, 3.8) is 0 Å². The van der Waals surface area contributed by atoms with Crippen LogP contribution in [0.4, 0.5) is 4.39 Å². The van der Waals surface area contributed by atoms with Gasteiger partial charge in [-0.25, -0.2) is 4.39 Å². The van der Waals surface area contributed by atoms with Crippen LogP contribution in [0.15, 0.2) is 54.6 Å². The molecule has 1 fully saturated rings. The third kappa shape index (κ3) is 5.50. The van der Waals surface area contributed by atoms with Crippen LogP contribution in [-0.2, 0) is 17.8 Å². The minimum absolute atomic E-state index is 0.237. The second-order valence-corrected chi connectivity index (χ2v) is 7.47. The van der Waals surface area contributed by atoms with Crippen LogP contribution in [0.3, 0.4) is 0 Å². The summed E-state index contributed by atoms with van der Waals surface area (Å²) in [5.74, 6) is -0.237. The molecule has 2 heterocycles. The van der Waals surface area contributed by atoms with Gasteiger partial charge in [0.15, 0.2) is 0 Å². The lowest BCUT2D eigenvalue weighted by Gasteiger charge is -2.26. The first-order valence-electron chi connectivity index (χ1n) is 10.5. The molecule has 1 aliphatic heterocycles. The molecule has 158 valence electrons. The molecule has 0 bridgehead atoms. The molecule has 0 aliphatic carbocycles. The maximum absolute atomic E-state index is 14.1. The first-order chi connectivity index (χ1) is 14.8. The van der Waals surface area contributed by atoms with E-state index in [1.807, 2.05) is 36.4 Å². The van der Waals surface area contributed by atoms with Crippen LogP contribution in [0.5, 0.6) is 0 Å². The monoisotopic (exact) mass is 409 g/mol. The molecule has 0 saturated carbocycles. The van der Waals surface area contributed by atoms with E-state index in [-0.39, 0.29) is 5.82 Å². The maximum Gasteiger partial charge on any atom is 0.128 e. The number of benzene rings is 2. The number of halogens is 1. The van der Waals surface area contributed by atoms with Crippen molar-refractivity contribution in [2.24, 2.45) is 0 Å². The molecule has 4 rings (SSSR count). The van der Waals surface area contributed by atoms with E-state index in [2.05, 4.69) is 20.4 Å². The van der Waals surface area contributed by atoms with Crippen LogP contribution in [0.2, 0.25) is 0 Å². The second-order valence-electron chi connectivity index (χ2n) is 7.47. The van der Waals surface area contributed by atoms with Crippen molar-refractivity contribution in [3.8, 4) is 11.3 Å². The number of rotatable bonds is 9. The van der Waals surface area contributed by atoms with E-state index in [4.69, 9.17) is 4.74 Å². The number of aromatic nitrogens is 3. The third-order valence-corrected chi connectivity index (χ3v) is 5.27. The van der Waals surface area contributed by atoms with E-state index in [1.165, 1.54) is 6.07 Å². The largest absolute Gasteiger partial charge is 0.379 e. The zero-order chi connectivity index (χ0) is 20.6. The van der Waals surface area contributed by atoms with Gasteiger partial charge in [0.2, 0.25) is 0 Å². The average Bonchev–Trinajstić information content (AvgIpc) is 3.19. The number of nitrogens with one attached hydrogen (secondary N) is 1. The van der Waals surface area contributed by atoms with Crippen molar-refractivity contribution in [2.75, 3.05) is 39.4 Å². The molecule has 0 unspecified atom stereocenters. The number of ether oxygens (including phenoxy) is 1. The van der Waals surface area contributed by atoms with Crippen LogP contribution >= 0.6 is 0 Å². The Morgan fingerprint density at radius 2 is 1.73 bits per heavy atom. The Hall–Kier alpha value is -2.61. The summed E-state index contributed by atoms with van der Waals surface area (Å²) in [6, 6.07) is 16.8. The summed E-state index contributed by atoms with van der Waals surface area (Å²) in [6.45, 7) is 6.62. The normalized spacial score (nSPS) is 14.8. The van der Waals surface area contributed by atoms with Crippen molar-refractivity contribution in [1.29, 1.82) is 0 Å². The molecule has 1 aromatic heterocycles. The molecule has 30 heavy (non-hydrogen) atoms. The zero-order valence-corrected chi connectivity index (χ0v) is 17.1. The molecule has 0 atom stereocenters. The number of nitrogens with zero attached hydrogens (tertiary/aromatic N) is 4. The minimum atomic E-state index is -0.237. The van der Waals surface area contributed by atoms with Gasteiger partial charge in [0.25, 0.3) is 0 Å². The number of morpholine rings is 1. The van der Waals surface area contributed by atoms with Crippen molar-refractivity contribution in [1.82, 2.24) is 25.2 Å². The molecule has 1 aliphatic rings. The second kappa shape index (κ2) is 10.4. The Morgan fingerprint density at radius 3 is 2.53 bits per heavy atom. The highest BCUT2D eigenvalue weighted by Crippen LogP contribution is 2.20. The minimum Gasteiger partial charge on any atom is -0.379 e. The summed E-state index contributed by atoms with van der Waals surface area (Å²) in [6.07, 6.45) is 1.07. The average molecular weight is 410 g/mol. The van der Waals surface area contributed by atoms with Crippen LogP contribution in [-0.4, -0.2) is 59.3 Å². The maximum atomic E-state index is 14.1. The summed E-state index contributed by atoms with van der Waals surface area (Å²) < 4.78 is 19.4. The summed E-state index contributed by atoms with van der Waals surface area (Å²) in [5.41, 5.74) is 3.32. The van der Waals surface area contributed by atoms with Crippen LogP contribution in [0.25, 0.3) is 11.3 Å². The van der Waals surface area contributed by atoms with Crippen molar-refractivity contribution in [3.05, 3.63) is 71.7 Å². The Balaban J connectivity index is 1.40. The van der Waals surface area contributed by atoms with Gasteiger partial charge in [-0.15, -0.1) is 0 Å². The van der Waals surface area contributed by atoms with E-state index in [0.717, 1.165) is 62.8 Å². The smallest absolute Gasteiger partial charge is 0.128 e. The van der Waals surface area contributed by atoms with E-state index in [1.54, 1.807) is 16.9 Å². The third-order valence-electron chi connectivity index (χ3n) is 5.27. The summed E-state index contributed by atoms with van der Waals surface area (Å²) in [7, 11) is 0. The topological polar surface area (TPSA) is 55.2 Å². The van der Waals surface area contributed by atoms with Gasteiger partial charge in [-0.1, -0.05) is 48.5 Å². The molecular weight excluding hydrogens is 381 g/mol. The van der Waals surface area contributed by atoms with Gasteiger partial charge in [-0.05, 0) is 25.6 Å². The van der Waals surface area contributed by atoms with Gasteiger partial charge in [0, 0.05) is 30.8 Å². The molecular formula is C23H28FN5O. The Bertz CT molecular complexity index is 924. The first-order valence-corrected chi connectivity index (χ1v) is 10.5. The molecule has 1 saturated heterocycles.